The Bertz CT molecular complexity index is 456. The van der Waals surface area contributed by atoms with E-state index in [4.69, 9.17) is 4.74 Å². The maximum Gasteiger partial charge on any atom is 0.410 e. The second-order valence-electron chi connectivity index (χ2n) is 7.29. The van der Waals surface area contributed by atoms with Crippen LogP contribution in [0.15, 0.2) is 30.3 Å². The van der Waals surface area contributed by atoms with Gasteiger partial charge in [-0.05, 0) is 64.4 Å². The van der Waals surface area contributed by atoms with Gasteiger partial charge in [0, 0.05) is 13.1 Å². The SMILES string of the molecule is CC(C)(C)OC(=O)N1CCC(CCCc2ccccc2)CC1. The van der Waals surface area contributed by atoms with Crippen LogP contribution in [0.4, 0.5) is 4.79 Å². The Morgan fingerprint density at radius 3 is 2.41 bits per heavy atom. The first kappa shape index (κ1) is 16.9. The summed E-state index contributed by atoms with van der Waals surface area (Å²) < 4.78 is 5.44. The van der Waals surface area contributed by atoms with Gasteiger partial charge in [-0.15, -0.1) is 0 Å². The van der Waals surface area contributed by atoms with E-state index in [1.165, 1.54) is 18.4 Å². The molecular weight excluding hydrogens is 274 g/mol. The number of ether oxygens (including phenoxy) is 1. The van der Waals surface area contributed by atoms with Gasteiger partial charge >= 0.3 is 6.09 Å². The lowest BCUT2D eigenvalue weighted by molar-refractivity contribution is 0.0180. The number of rotatable bonds is 4. The van der Waals surface area contributed by atoms with Crippen molar-refractivity contribution in [3.8, 4) is 0 Å². The molecule has 1 heterocycles. The maximum absolute atomic E-state index is 12.0. The maximum atomic E-state index is 12.0. The number of aryl methyl sites for hydroxylation is 1. The zero-order valence-corrected chi connectivity index (χ0v) is 14.2. The van der Waals surface area contributed by atoms with E-state index in [0.717, 1.165) is 38.3 Å². The summed E-state index contributed by atoms with van der Waals surface area (Å²) in [5, 5.41) is 0. The highest BCUT2D eigenvalue weighted by Gasteiger charge is 2.26. The van der Waals surface area contributed by atoms with Gasteiger partial charge in [0.05, 0.1) is 0 Å². The molecule has 0 radical (unpaired) electrons. The van der Waals surface area contributed by atoms with Gasteiger partial charge in [-0.25, -0.2) is 4.79 Å². The average Bonchev–Trinajstić information content (AvgIpc) is 2.47. The number of likely N-dealkylation sites (tertiary alicyclic amines) is 1. The Morgan fingerprint density at radius 1 is 1.18 bits per heavy atom. The van der Waals surface area contributed by atoms with Crippen LogP contribution in [0, 0.1) is 5.92 Å². The number of piperidine rings is 1. The predicted molar refractivity (Wildman–Crippen MR) is 89.9 cm³/mol. The molecule has 1 fully saturated rings. The monoisotopic (exact) mass is 303 g/mol. The molecule has 0 bridgehead atoms. The van der Waals surface area contributed by atoms with Gasteiger partial charge < -0.3 is 9.64 Å². The van der Waals surface area contributed by atoms with Crippen molar-refractivity contribution in [3.05, 3.63) is 35.9 Å². The molecule has 0 N–H and O–H groups in total. The fourth-order valence-corrected chi connectivity index (χ4v) is 2.97. The van der Waals surface area contributed by atoms with Crippen molar-refractivity contribution in [2.24, 2.45) is 5.92 Å². The topological polar surface area (TPSA) is 29.5 Å². The smallest absolute Gasteiger partial charge is 0.410 e. The number of hydrogen-bond acceptors (Lipinski definition) is 2. The minimum atomic E-state index is -0.399. The van der Waals surface area contributed by atoms with Crippen LogP contribution >= 0.6 is 0 Å². The Hall–Kier alpha value is -1.51. The van der Waals surface area contributed by atoms with Crippen LogP contribution in [0.25, 0.3) is 0 Å². The van der Waals surface area contributed by atoms with E-state index in [1.807, 2.05) is 25.7 Å². The van der Waals surface area contributed by atoms with Crippen LogP contribution in [-0.2, 0) is 11.2 Å². The lowest BCUT2D eigenvalue weighted by Crippen LogP contribution is -2.41. The molecule has 0 unspecified atom stereocenters. The van der Waals surface area contributed by atoms with Crippen molar-refractivity contribution in [2.45, 2.75) is 58.5 Å². The summed E-state index contributed by atoms with van der Waals surface area (Å²) in [6, 6.07) is 10.7. The predicted octanol–water partition coefficient (Wildman–Crippen LogP) is 4.66. The molecule has 0 aliphatic carbocycles. The second kappa shape index (κ2) is 7.66. The second-order valence-corrected chi connectivity index (χ2v) is 7.29. The van der Waals surface area contributed by atoms with Crippen LogP contribution in [0.2, 0.25) is 0 Å². The van der Waals surface area contributed by atoms with Gasteiger partial charge in [-0.2, -0.15) is 0 Å². The number of nitrogens with zero attached hydrogens (tertiary/aromatic N) is 1. The molecular formula is C19H29NO2. The Morgan fingerprint density at radius 2 is 1.82 bits per heavy atom. The summed E-state index contributed by atoms with van der Waals surface area (Å²) >= 11 is 0. The van der Waals surface area contributed by atoms with Crippen LogP contribution in [-0.4, -0.2) is 29.7 Å². The molecule has 0 saturated carbocycles. The van der Waals surface area contributed by atoms with Crippen molar-refractivity contribution < 1.29 is 9.53 Å². The molecule has 22 heavy (non-hydrogen) atoms. The summed E-state index contributed by atoms with van der Waals surface area (Å²) in [5.41, 5.74) is 1.03. The van der Waals surface area contributed by atoms with E-state index in [9.17, 15) is 4.79 Å². The molecule has 0 spiro atoms. The Balaban J connectivity index is 1.66. The van der Waals surface area contributed by atoms with Gasteiger partial charge in [0.1, 0.15) is 5.60 Å². The zero-order valence-electron chi connectivity index (χ0n) is 14.2. The first-order valence-electron chi connectivity index (χ1n) is 8.46. The lowest BCUT2D eigenvalue weighted by atomic mass is 9.91. The standard InChI is InChI=1S/C19H29NO2/c1-19(2,3)22-18(21)20-14-12-17(13-15-20)11-7-10-16-8-5-4-6-9-16/h4-6,8-9,17H,7,10-15H2,1-3H3. The largest absolute Gasteiger partial charge is 0.444 e. The highest BCUT2D eigenvalue weighted by molar-refractivity contribution is 5.68. The van der Waals surface area contributed by atoms with E-state index >= 15 is 0 Å². The number of carbonyl (C=O) groups excluding carboxylic acids is 1. The molecule has 1 aliphatic heterocycles. The van der Waals surface area contributed by atoms with Crippen LogP contribution in [0.1, 0.15) is 52.0 Å². The number of benzene rings is 1. The van der Waals surface area contributed by atoms with Gasteiger partial charge in [0.25, 0.3) is 0 Å². The first-order valence-corrected chi connectivity index (χ1v) is 8.46. The molecule has 3 nitrogen and oxygen atoms in total. The van der Waals surface area contributed by atoms with Crippen molar-refractivity contribution in [3.63, 3.8) is 0 Å². The summed E-state index contributed by atoms with van der Waals surface area (Å²) in [6.07, 6.45) is 5.71. The summed E-state index contributed by atoms with van der Waals surface area (Å²) in [4.78, 5) is 13.9. The molecule has 3 heteroatoms. The van der Waals surface area contributed by atoms with Crippen LogP contribution in [0.5, 0.6) is 0 Å². The van der Waals surface area contributed by atoms with Gasteiger partial charge in [0.2, 0.25) is 0 Å². The first-order chi connectivity index (χ1) is 10.4. The quantitative estimate of drug-likeness (QED) is 0.810. The molecule has 1 aromatic carbocycles. The number of carbonyl (C=O) groups is 1. The molecule has 1 amide bonds. The van der Waals surface area contributed by atoms with Crippen molar-refractivity contribution in [2.75, 3.05) is 13.1 Å². The normalized spacial score (nSPS) is 16.6. The lowest BCUT2D eigenvalue weighted by Gasteiger charge is -2.33. The van der Waals surface area contributed by atoms with Crippen molar-refractivity contribution in [1.29, 1.82) is 0 Å². The molecule has 2 rings (SSSR count). The summed E-state index contributed by atoms with van der Waals surface area (Å²) in [6.45, 7) is 7.43. The molecule has 1 saturated heterocycles. The fourth-order valence-electron chi connectivity index (χ4n) is 2.97. The van der Waals surface area contributed by atoms with Crippen molar-refractivity contribution in [1.82, 2.24) is 4.90 Å². The Kier molecular flexibility index (Phi) is 5.87. The minimum absolute atomic E-state index is 0.157. The number of hydrogen-bond donors (Lipinski definition) is 0. The molecule has 0 atom stereocenters. The third kappa shape index (κ3) is 5.70. The highest BCUT2D eigenvalue weighted by atomic mass is 16.6. The van der Waals surface area contributed by atoms with Crippen molar-refractivity contribution >= 4 is 6.09 Å². The fraction of sp³-hybridized carbons (Fsp3) is 0.632. The number of amides is 1. The van der Waals surface area contributed by atoms with Crippen LogP contribution in [0.3, 0.4) is 0 Å². The minimum Gasteiger partial charge on any atom is -0.444 e. The third-order valence-electron chi connectivity index (χ3n) is 4.19. The third-order valence-corrected chi connectivity index (χ3v) is 4.19. The molecule has 1 aliphatic rings. The molecule has 122 valence electrons. The molecule has 1 aromatic rings. The van der Waals surface area contributed by atoms with Crippen LogP contribution < -0.4 is 0 Å². The summed E-state index contributed by atoms with van der Waals surface area (Å²) in [7, 11) is 0. The molecule has 0 aromatic heterocycles. The zero-order chi connectivity index (χ0) is 16.0. The van der Waals surface area contributed by atoms with E-state index in [1.54, 1.807) is 0 Å². The van der Waals surface area contributed by atoms with E-state index in [-0.39, 0.29) is 6.09 Å². The van der Waals surface area contributed by atoms with Gasteiger partial charge in [-0.1, -0.05) is 30.3 Å². The van der Waals surface area contributed by atoms with Gasteiger partial charge in [-0.3, -0.25) is 0 Å². The highest BCUT2D eigenvalue weighted by Crippen LogP contribution is 2.24. The summed E-state index contributed by atoms with van der Waals surface area (Å²) in [5.74, 6) is 0.752. The Labute approximate surface area is 134 Å². The van der Waals surface area contributed by atoms with Gasteiger partial charge in [0.15, 0.2) is 0 Å². The average molecular weight is 303 g/mol. The van der Waals surface area contributed by atoms with E-state index < -0.39 is 5.60 Å². The van der Waals surface area contributed by atoms with E-state index in [2.05, 4.69) is 30.3 Å². The van der Waals surface area contributed by atoms with E-state index in [0.29, 0.717) is 0 Å².